The molecule has 0 heterocycles. The number of halogens is 2. The second-order valence-electron chi connectivity index (χ2n) is 9.34. The van der Waals surface area contributed by atoms with Crippen LogP contribution in [0.4, 0.5) is 0 Å². The van der Waals surface area contributed by atoms with E-state index in [1.165, 1.54) is 0 Å². The van der Waals surface area contributed by atoms with Crippen molar-refractivity contribution in [2.75, 3.05) is 6.61 Å². The van der Waals surface area contributed by atoms with Crippen molar-refractivity contribution in [3.05, 3.63) is 99.5 Å². The molecule has 0 spiro atoms. The standard InChI is InChI=1S/C28H30BrClN2O3/c1-28(2,3)31-27(34)25(17-20-8-5-4-6-9-20)32(18-21-10-7-11-22(29)16-21)26(33)19-35-24-14-12-23(30)13-15-24/h4-16,25H,17-19H2,1-3H3,(H,31,34)/t25-/m1/s1. The topological polar surface area (TPSA) is 58.6 Å². The number of nitrogens with zero attached hydrogens (tertiary/aromatic N) is 1. The van der Waals surface area contributed by atoms with Gasteiger partial charge in [0.25, 0.3) is 5.91 Å². The van der Waals surface area contributed by atoms with E-state index in [4.69, 9.17) is 16.3 Å². The van der Waals surface area contributed by atoms with Gasteiger partial charge in [-0.1, -0.05) is 70.0 Å². The first-order valence-electron chi connectivity index (χ1n) is 11.4. The minimum Gasteiger partial charge on any atom is -0.484 e. The summed E-state index contributed by atoms with van der Waals surface area (Å²) in [6, 6.07) is 23.5. The minimum atomic E-state index is -0.725. The zero-order valence-electron chi connectivity index (χ0n) is 20.1. The van der Waals surface area contributed by atoms with Gasteiger partial charge in [0.05, 0.1) is 0 Å². The van der Waals surface area contributed by atoms with Crippen LogP contribution in [0, 0.1) is 0 Å². The Morgan fingerprint density at radius 3 is 2.26 bits per heavy atom. The molecule has 0 radical (unpaired) electrons. The lowest BCUT2D eigenvalue weighted by Crippen LogP contribution is -2.55. The van der Waals surface area contributed by atoms with Gasteiger partial charge in [0.15, 0.2) is 6.61 Å². The third-order valence-corrected chi connectivity index (χ3v) is 5.93. The first kappa shape index (κ1) is 26.8. The summed E-state index contributed by atoms with van der Waals surface area (Å²) in [5.41, 5.74) is 1.42. The average molecular weight is 558 g/mol. The summed E-state index contributed by atoms with van der Waals surface area (Å²) in [7, 11) is 0. The van der Waals surface area contributed by atoms with E-state index >= 15 is 0 Å². The van der Waals surface area contributed by atoms with E-state index in [1.807, 2.05) is 75.4 Å². The number of hydrogen-bond acceptors (Lipinski definition) is 3. The number of amides is 2. The van der Waals surface area contributed by atoms with Crippen LogP contribution >= 0.6 is 27.5 Å². The van der Waals surface area contributed by atoms with Crippen molar-refractivity contribution in [3.63, 3.8) is 0 Å². The molecule has 1 N–H and O–H groups in total. The van der Waals surface area contributed by atoms with Crippen LogP contribution in [0.2, 0.25) is 5.02 Å². The maximum Gasteiger partial charge on any atom is 0.261 e. The van der Waals surface area contributed by atoms with Crippen molar-refractivity contribution >= 4 is 39.3 Å². The van der Waals surface area contributed by atoms with Crippen molar-refractivity contribution in [2.24, 2.45) is 0 Å². The molecule has 0 saturated carbocycles. The van der Waals surface area contributed by atoms with Crippen LogP contribution in [0.1, 0.15) is 31.9 Å². The van der Waals surface area contributed by atoms with Gasteiger partial charge in [0, 0.05) is 28.0 Å². The highest BCUT2D eigenvalue weighted by atomic mass is 79.9. The monoisotopic (exact) mass is 556 g/mol. The fourth-order valence-electron chi connectivity index (χ4n) is 3.60. The van der Waals surface area contributed by atoms with Gasteiger partial charge in [-0.3, -0.25) is 9.59 Å². The Kier molecular flexibility index (Phi) is 9.35. The second kappa shape index (κ2) is 12.2. The number of nitrogens with one attached hydrogen (secondary N) is 1. The van der Waals surface area contributed by atoms with Gasteiger partial charge in [0.1, 0.15) is 11.8 Å². The number of rotatable bonds is 9. The quantitative estimate of drug-likeness (QED) is 0.349. The molecule has 0 aliphatic heterocycles. The van der Waals surface area contributed by atoms with E-state index in [1.54, 1.807) is 29.2 Å². The van der Waals surface area contributed by atoms with Crippen molar-refractivity contribution in [1.29, 1.82) is 0 Å². The summed E-state index contributed by atoms with van der Waals surface area (Å²) in [4.78, 5) is 28.7. The number of carbonyl (C=O) groups is 2. The van der Waals surface area contributed by atoms with Crippen LogP contribution in [0.15, 0.2) is 83.3 Å². The minimum absolute atomic E-state index is 0.205. The predicted octanol–water partition coefficient (Wildman–Crippen LogP) is 6.04. The molecular formula is C28H30BrClN2O3. The van der Waals surface area contributed by atoms with E-state index in [-0.39, 0.29) is 25.0 Å². The predicted molar refractivity (Wildman–Crippen MR) is 143 cm³/mol. The fourth-order valence-corrected chi connectivity index (χ4v) is 4.17. The summed E-state index contributed by atoms with van der Waals surface area (Å²) in [5.74, 6) is 0.0324. The van der Waals surface area contributed by atoms with Gasteiger partial charge < -0.3 is 15.0 Å². The number of benzene rings is 3. The van der Waals surface area contributed by atoms with E-state index in [0.29, 0.717) is 17.2 Å². The van der Waals surface area contributed by atoms with Gasteiger partial charge in [-0.25, -0.2) is 0 Å². The van der Waals surface area contributed by atoms with E-state index < -0.39 is 11.6 Å². The van der Waals surface area contributed by atoms with Crippen molar-refractivity contribution in [2.45, 2.75) is 45.3 Å². The van der Waals surface area contributed by atoms with Gasteiger partial charge >= 0.3 is 0 Å². The number of ether oxygens (including phenoxy) is 1. The molecule has 2 amide bonds. The normalized spacial score (nSPS) is 12.0. The average Bonchev–Trinajstić information content (AvgIpc) is 2.80. The maximum absolute atomic E-state index is 13.6. The Hall–Kier alpha value is -2.83. The van der Waals surface area contributed by atoms with Crippen LogP contribution < -0.4 is 10.1 Å². The fraction of sp³-hybridized carbons (Fsp3) is 0.286. The largest absolute Gasteiger partial charge is 0.484 e. The molecule has 184 valence electrons. The molecular weight excluding hydrogens is 528 g/mol. The first-order chi connectivity index (χ1) is 16.6. The highest BCUT2D eigenvalue weighted by molar-refractivity contribution is 9.10. The highest BCUT2D eigenvalue weighted by Gasteiger charge is 2.32. The molecule has 0 aliphatic rings. The first-order valence-corrected chi connectivity index (χ1v) is 12.6. The van der Waals surface area contributed by atoms with Crippen LogP contribution in [-0.2, 0) is 22.6 Å². The van der Waals surface area contributed by atoms with Crippen LogP contribution in [0.3, 0.4) is 0 Å². The van der Waals surface area contributed by atoms with Crippen LogP contribution in [0.5, 0.6) is 5.75 Å². The molecule has 0 unspecified atom stereocenters. The van der Waals surface area contributed by atoms with E-state index in [0.717, 1.165) is 15.6 Å². The Labute approximate surface area is 220 Å². The lowest BCUT2D eigenvalue weighted by molar-refractivity contribution is -0.143. The summed E-state index contributed by atoms with van der Waals surface area (Å²) in [5, 5.41) is 3.64. The van der Waals surface area contributed by atoms with E-state index in [9.17, 15) is 9.59 Å². The molecule has 7 heteroatoms. The lowest BCUT2D eigenvalue weighted by Gasteiger charge is -2.33. The SMILES string of the molecule is CC(C)(C)NC(=O)[C@@H](Cc1ccccc1)N(Cc1cccc(Br)c1)C(=O)COc1ccc(Cl)cc1. The summed E-state index contributed by atoms with van der Waals surface area (Å²) in [6.45, 7) is 5.83. The molecule has 0 fully saturated rings. The van der Waals surface area contributed by atoms with Crippen molar-refractivity contribution < 1.29 is 14.3 Å². The summed E-state index contributed by atoms with van der Waals surface area (Å²) >= 11 is 9.45. The van der Waals surface area contributed by atoms with Gasteiger partial charge in [-0.15, -0.1) is 0 Å². The molecule has 1 atom stereocenters. The van der Waals surface area contributed by atoms with Gasteiger partial charge in [0.2, 0.25) is 5.91 Å². The lowest BCUT2D eigenvalue weighted by atomic mass is 10.0. The molecule has 5 nitrogen and oxygen atoms in total. The molecule has 0 saturated heterocycles. The summed E-state index contributed by atoms with van der Waals surface area (Å²) < 4.78 is 6.66. The van der Waals surface area contributed by atoms with Crippen LogP contribution in [0.25, 0.3) is 0 Å². The Morgan fingerprint density at radius 2 is 1.63 bits per heavy atom. The molecule has 3 aromatic rings. The zero-order chi connectivity index (χ0) is 25.4. The Bertz CT molecular complexity index is 1130. The third-order valence-electron chi connectivity index (χ3n) is 5.19. The third kappa shape index (κ3) is 8.71. The number of hydrogen-bond donors (Lipinski definition) is 1. The van der Waals surface area contributed by atoms with Crippen LogP contribution in [-0.4, -0.2) is 34.9 Å². The van der Waals surface area contributed by atoms with E-state index in [2.05, 4.69) is 21.2 Å². The number of carbonyl (C=O) groups excluding carboxylic acids is 2. The molecule has 0 aliphatic carbocycles. The maximum atomic E-state index is 13.6. The Balaban J connectivity index is 1.92. The van der Waals surface area contributed by atoms with Crippen molar-refractivity contribution in [1.82, 2.24) is 10.2 Å². The molecule has 35 heavy (non-hydrogen) atoms. The molecule has 3 rings (SSSR count). The Morgan fingerprint density at radius 1 is 0.971 bits per heavy atom. The second-order valence-corrected chi connectivity index (χ2v) is 10.7. The zero-order valence-corrected chi connectivity index (χ0v) is 22.5. The molecule has 0 aromatic heterocycles. The highest BCUT2D eigenvalue weighted by Crippen LogP contribution is 2.20. The molecule has 0 bridgehead atoms. The van der Waals surface area contributed by atoms with Gasteiger partial charge in [-0.05, 0) is 68.3 Å². The summed E-state index contributed by atoms with van der Waals surface area (Å²) in [6.07, 6.45) is 0.378. The smallest absolute Gasteiger partial charge is 0.261 e. The van der Waals surface area contributed by atoms with Gasteiger partial charge in [-0.2, -0.15) is 0 Å². The van der Waals surface area contributed by atoms with Crippen molar-refractivity contribution in [3.8, 4) is 5.75 Å². The molecule has 3 aromatic carbocycles.